The van der Waals surface area contributed by atoms with Crippen molar-refractivity contribution in [3.63, 3.8) is 0 Å². The first-order valence-electron chi connectivity index (χ1n) is 30.6. The maximum atomic E-state index is 6.51. The highest BCUT2D eigenvalue weighted by atomic mass is 16.3. The van der Waals surface area contributed by atoms with Crippen LogP contribution in [0.1, 0.15) is 0 Å². The summed E-state index contributed by atoms with van der Waals surface area (Å²) >= 11 is 0. The minimum atomic E-state index is 0.889. The highest BCUT2D eigenvalue weighted by molar-refractivity contribution is 6.14. The van der Waals surface area contributed by atoms with Crippen molar-refractivity contribution in [1.29, 1.82) is 0 Å². The Bertz CT molecular complexity index is 5450. The molecule has 0 aliphatic rings. The molecule has 0 fully saturated rings. The van der Waals surface area contributed by atoms with Crippen molar-refractivity contribution >= 4 is 122 Å². The Labute approximate surface area is 518 Å². The Balaban J connectivity index is 0.730. The van der Waals surface area contributed by atoms with Crippen LogP contribution in [-0.4, -0.2) is 9.13 Å². The molecular formula is C84H54N4O2. The summed E-state index contributed by atoms with van der Waals surface area (Å²) in [7, 11) is 0. The summed E-state index contributed by atoms with van der Waals surface area (Å²) < 4.78 is 17.8. The average molecular weight is 1150 g/mol. The van der Waals surface area contributed by atoms with E-state index >= 15 is 0 Å². The third kappa shape index (κ3) is 8.34. The zero-order valence-corrected chi connectivity index (χ0v) is 48.8. The molecule has 4 heterocycles. The van der Waals surface area contributed by atoms with Gasteiger partial charge in [0.05, 0.1) is 22.1 Å². The Morgan fingerprint density at radius 2 is 0.522 bits per heavy atom. The normalized spacial score (nSPS) is 11.8. The lowest BCUT2D eigenvalue weighted by Crippen LogP contribution is -2.10. The maximum Gasteiger partial charge on any atom is 0.143 e. The molecule has 0 atom stereocenters. The van der Waals surface area contributed by atoms with E-state index in [0.29, 0.717) is 0 Å². The number of aromatic nitrogens is 2. The second kappa shape index (κ2) is 20.8. The molecule has 90 heavy (non-hydrogen) atoms. The van der Waals surface area contributed by atoms with E-state index < -0.39 is 0 Å². The van der Waals surface area contributed by atoms with Crippen molar-refractivity contribution in [3.05, 3.63) is 328 Å². The number of fused-ring (bicyclic) bond motifs is 12. The van der Waals surface area contributed by atoms with Crippen LogP contribution in [0.15, 0.2) is 336 Å². The fraction of sp³-hybridized carbons (Fsp3) is 0. The molecule has 0 unspecified atom stereocenters. The van der Waals surface area contributed by atoms with Gasteiger partial charge in [-0.1, -0.05) is 194 Å². The van der Waals surface area contributed by atoms with Crippen molar-refractivity contribution < 1.29 is 8.83 Å². The van der Waals surface area contributed by atoms with E-state index in [1.165, 1.54) is 32.6 Å². The van der Waals surface area contributed by atoms with E-state index in [1.807, 2.05) is 24.3 Å². The van der Waals surface area contributed by atoms with Crippen LogP contribution in [0.2, 0.25) is 0 Å². The van der Waals surface area contributed by atoms with Crippen molar-refractivity contribution in [2.75, 3.05) is 9.80 Å². The first-order chi connectivity index (χ1) is 44.6. The molecule has 0 amide bonds. The van der Waals surface area contributed by atoms with E-state index in [4.69, 9.17) is 8.83 Å². The van der Waals surface area contributed by atoms with Crippen LogP contribution in [0.25, 0.3) is 132 Å². The van der Waals surface area contributed by atoms with E-state index in [0.717, 1.165) is 134 Å². The number of rotatable bonds is 11. The highest BCUT2D eigenvalue weighted by Gasteiger charge is 2.22. The minimum Gasteiger partial charge on any atom is -0.455 e. The average Bonchev–Trinajstić information content (AvgIpc) is 1.65. The van der Waals surface area contributed by atoms with E-state index in [9.17, 15) is 0 Å². The number of hydrogen-bond donors (Lipinski definition) is 0. The van der Waals surface area contributed by atoms with E-state index in [2.05, 4.69) is 322 Å². The van der Waals surface area contributed by atoms with E-state index in [-0.39, 0.29) is 0 Å². The number of furan rings is 2. The van der Waals surface area contributed by atoms with Crippen LogP contribution < -0.4 is 9.80 Å². The molecule has 6 nitrogen and oxygen atoms in total. The van der Waals surface area contributed by atoms with Gasteiger partial charge in [-0.2, -0.15) is 0 Å². The predicted molar refractivity (Wildman–Crippen MR) is 375 cm³/mol. The van der Waals surface area contributed by atoms with Gasteiger partial charge in [-0.15, -0.1) is 0 Å². The molecule has 14 aromatic carbocycles. The molecule has 18 rings (SSSR count). The minimum absolute atomic E-state index is 0.889. The van der Waals surface area contributed by atoms with Gasteiger partial charge in [-0.3, -0.25) is 0 Å². The molecule has 18 aromatic rings. The van der Waals surface area contributed by atoms with Crippen LogP contribution in [0.3, 0.4) is 0 Å². The van der Waals surface area contributed by atoms with Gasteiger partial charge in [-0.25, -0.2) is 0 Å². The lowest BCUT2D eigenvalue weighted by molar-refractivity contribution is 0.669. The number of para-hydroxylation sites is 8. The van der Waals surface area contributed by atoms with Gasteiger partial charge < -0.3 is 27.8 Å². The Hall–Kier alpha value is -12.1. The quantitative estimate of drug-likeness (QED) is 0.129. The monoisotopic (exact) mass is 1150 g/mol. The summed E-state index contributed by atoms with van der Waals surface area (Å²) in [5, 5.41) is 9.26. The van der Waals surface area contributed by atoms with Crippen molar-refractivity contribution in [3.8, 4) is 44.8 Å². The van der Waals surface area contributed by atoms with Gasteiger partial charge in [0.15, 0.2) is 0 Å². The SMILES string of the molecule is c1ccc(-n2c3ccccc3c3cc(N(c4ccc(-c5ccc(N(c6ccc(-c7cccc8c7oc7ccccc78)cc6)c6ccc(-c7cccc8c7oc7ccccc78)cc6)cc5)cc4)c4ccc5c(c4)c4ccccc4n5-c4ccccc4)ccc32)cc1. The molecule has 0 spiro atoms. The second-order valence-electron chi connectivity index (χ2n) is 23.2. The topological polar surface area (TPSA) is 42.6 Å². The van der Waals surface area contributed by atoms with Crippen LogP contribution in [0, 0.1) is 0 Å². The number of benzene rings is 14. The first kappa shape index (κ1) is 51.1. The molecule has 422 valence electrons. The standard InChI is InChI=1S/C84H54N4O2/c1-3-17-59(18-4-1)87-77-29-11-7-21-69(77)75-53-65(49-51-79(75)87)86(66-50-52-80-76(54-66)70-22-8-12-30-78(70)88(80)60-19-5-2-6-20-60)64-43-35-56(36-44-64)55-33-41-61(42-34-55)85(62-45-37-57(38-46-62)67-25-15-27-73-71-23-9-13-31-81(71)89-83(67)73)63-47-39-58(40-48-63)68-26-16-28-74-72-24-10-14-32-82(72)90-84(68)74/h1-54H. The molecule has 0 saturated carbocycles. The molecular weight excluding hydrogens is 1100 g/mol. The van der Waals surface area contributed by atoms with Crippen molar-refractivity contribution in [1.82, 2.24) is 9.13 Å². The summed E-state index contributed by atoms with van der Waals surface area (Å²) in [4.78, 5) is 4.75. The van der Waals surface area contributed by atoms with E-state index in [1.54, 1.807) is 0 Å². The fourth-order valence-corrected chi connectivity index (χ4v) is 13.9. The molecule has 0 bridgehead atoms. The van der Waals surface area contributed by atoms with Gasteiger partial charge in [0.25, 0.3) is 0 Å². The number of anilines is 6. The molecule has 6 heteroatoms. The van der Waals surface area contributed by atoms with Gasteiger partial charge in [-0.05, 0) is 156 Å². The molecule has 4 aromatic heterocycles. The van der Waals surface area contributed by atoms with Crippen molar-refractivity contribution in [2.45, 2.75) is 0 Å². The smallest absolute Gasteiger partial charge is 0.143 e. The fourth-order valence-electron chi connectivity index (χ4n) is 13.9. The second-order valence-corrected chi connectivity index (χ2v) is 23.2. The largest absolute Gasteiger partial charge is 0.455 e. The van der Waals surface area contributed by atoms with Gasteiger partial charge in [0.1, 0.15) is 22.3 Å². The van der Waals surface area contributed by atoms with Crippen LogP contribution in [0.4, 0.5) is 34.1 Å². The lowest BCUT2D eigenvalue weighted by Gasteiger charge is -2.27. The molecule has 0 aliphatic carbocycles. The number of nitrogens with zero attached hydrogens (tertiary/aromatic N) is 4. The van der Waals surface area contributed by atoms with Crippen LogP contribution in [-0.2, 0) is 0 Å². The molecule has 0 aliphatic heterocycles. The molecule has 0 radical (unpaired) electrons. The summed E-state index contributed by atoms with van der Waals surface area (Å²) in [6.45, 7) is 0. The van der Waals surface area contributed by atoms with Gasteiger partial charge in [0.2, 0.25) is 0 Å². The third-order valence-corrected chi connectivity index (χ3v) is 18.1. The van der Waals surface area contributed by atoms with Gasteiger partial charge in [0, 0.05) is 99.7 Å². The van der Waals surface area contributed by atoms with Gasteiger partial charge >= 0.3 is 0 Å². The molecule has 0 saturated heterocycles. The Morgan fingerprint density at radius 3 is 0.933 bits per heavy atom. The zero-order valence-electron chi connectivity index (χ0n) is 48.8. The Kier molecular flexibility index (Phi) is 11.8. The van der Waals surface area contributed by atoms with Crippen LogP contribution in [0.5, 0.6) is 0 Å². The highest BCUT2D eigenvalue weighted by Crippen LogP contribution is 2.45. The predicted octanol–water partition coefficient (Wildman–Crippen LogP) is 23.6. The first-order valence-corrected chi connectivity index (χ1v) is 30.6. The maximum absolute atomic E-state index is 6.51. The third-order valence-electron chi connectivity index (χ3n) is 18.1. The summed E-state index contributed by atoms with van der Waals surface area (Å²) in [5.74, 6) is 0. The Morgan fingerprint density at radius 1 is 0.211 bits per heavy atom. The lowest BCUT2D eigenvalue weighted by atomic mass is 10.0. The summed E-state index contributed by atoms with van der Waals surface area (Å²) in [5.41, 5.74) is 23.3. The summed E-state index contributed by atoms with van der Waals surface area (Å²) in [6, 6.07) is 118. The van der Waals surface area contributed by atoms with Crippen LogP contribution >= 0.6 is 0 Å². The number of hydrogen-bond acceptors (Lipinski definition) is 4. The molecule has 0 N–H and O–H groups in total. The van der Waals surface area contributed by atoms with Crippen molar-refractivity contribution in [2.24, 2.45) is 0 Å². The zero-order chi connectivity index (χ0) is 59.2. The summed E-state index contributed by atoms with van der Waals surface area (Å²) in [6.07, 6.45) is 0.